The summed E-state index contributed by atoms with van der Waals surface area (Å²) in [5.41, 5.74) is 0.672. The molecule has 0 spiro atoms. The Morgan fingerprint density at radius 2 is 1.88 bits per heavy atom. The first-order valence-electron chi connectivity index (χ1n) is 6.08. The normalized spacial score (nSPS) is 16.1. The third-order valence-electron chi connectivity index (χ3n) is 3.06. The zero-order chi connectivity index (χ0) is 12.1. The van der Waals surface area contributed by atoms with E-state index in [4.69, 9.17) is 9.47 Å². The number of Topliss-reactive ketones (excluding diaryl/α,β-unsaturated/α-hetero) is 1. The maximum Gasteiger partial charge on any atom is 0.188 e. The highest BCUT2D eigenvalue weighted by Gasteiger charge is 2.16. The number of hydrogen-bond acceptors (Lipinski definition) is 3. The highest BCUT2D eigenvalue weighted by atomic mass is 16.5. The number of ketones is 1. The van der Waals surface area contributed by atoms with Crippen LogP contribution in [0.2, 0.25) is 0 Å². The highest BCUT2D eigenvalue weighted by molar-refractivity contribution is 5.97. The van der Waals surface area contributed by atoms with Crippen LogP contribution in [0.1, 0.15) is 36.0 Å². The first-order valence-corrected chi connectivity index (χ1v) is 6.08. The Kier molecular flexibility index (Phi) is 4.15. The fourth-order valence-corrected chi connectivity index (χ4v) is 2.13. The molecule has 1 aromatic rings. The average Bonchev–Trinajstić information content (AvgIpc) is 2.83. The number of methoxy groups -OCH3 is 1. The molecule has 2 rings (SSSR count). The molecule has 0 aliphatic heterocycles. The van der Waals surface area contributed by atoms with Crippen molar-refractivity contribution in [2.75, 3.05) is 13.7 Å². The summed E-state index contributed by atoms with van der Waals surface area (Å²) in [4.78, 5) is 11.5. The zero-order valence-electron chi connectivity index (χ0n) is 10.1. The van der Waals surface area contributed by atoms with Crippen LogP contribution in [-0.4, -0.2) is 25.6 Å². The van der Waals surface area contributed by atoms with Crippen LogP contribution in [0, 0.1) is 0 Å². The fourth-order valence-electron chi connectivity index (χ4n) is 2.13. The lowest BCUT2D eigenvalue weighted by Crippen LogP contribution is -2.11. The van der Waals surface area contributed by atoms with Crippen molar-refractivity contribution in [1.29, 1.82) is 0 Å². The van der Waals surface area contributed by atoms with Crippen molar-refractivity contribution in [3.8, 4) is 5.75 Å². The van der Waals surface area contributed by atoms with Gasteiger partial charge in [0.1, 0.15) is 12.4 Å². The van der Waals surface area contributed by atoms with Gasteiger partial charge in [-0.05, 0) is 49.9 Å². The van der Waals surface area contributed by atoms with Gasteiger partial charge >= 0.3 is 0 Å². The number of rotatable bonds is 5. The molecule has 17 heavy (non-hydrogen) atoms. The monoisotopic (exact) mass is 234 g/mol. The van der Waals surface area contributed by atoms with Gasteiger partial charge in [0.2, 0.25) is 0 Å². The summed E-state index contributed by atoms with van der Waals surface area (Å²) in [6.45, 7) is 0.128. The molecule has 0 saturated heterocycles. The first kappa shape index (κ1) is 12.1. The molecule has 0 heterocycles. The van der Waals surface area contributed by atoms with Crippen LogP contribution in [0.25, 0.3) is 0 Å². The van der Waals surface area contributed by atoms with Gasteiger partial charge in [-0.15, -0.1) is 0 Å². The SMILES string of the molecule is COCC(=O)c1ccc(OC2CCCC2)cc1. The van der Waals surface area contributed by atoms with Crippen LogP contribution < -0.4 is 4.74 Å². The minimum Gasteiger partial charge on any atom is -0.490 e. The van der Waals surface area contributed by atoms with Crippen molar-refractivity contribution in [1.82, 2.24) is 0 Å². The Balaban J connectivity index is 1.94. The van der Waals surface area contributed by atoms with Crippen molar-refractivity contribution in [3.05, 3.63) is 29.8 Å². The van der Waals surface area contributed by atoms with Crippen molar-refractivity contribution in [2.24, 2.45) is 0 Å². The molecule has 0 radical (unpaired) electrons. The second-order valence-corrected chi connectivity index (χ2v) is 4.40. The van der Waals surface area contributed by atoms with Crippen LogP contribution in [0.5, 0.6) is 5.75 Å². The molecule has 1 aliphatic rings. The van der Waals surface area contributed by atoms with Gasteiger partial charge in [-0.3, -0.25) is 4.79 Å². The minimum absolute atomic E-state index is 0.0000774. The van der Waals surface area contributed by atoms with E-state index < -0.39 is 0 Å². The van der Waals surface area contributed by atoms with Crippen LogP contribution >= 0.6 is 0 Å². The van der Waals surface area contributed by atoms with Gasteiger partial charge < -0.3 is 9.47 Å². The van der Waals surface area contributed by atoms with Gasteiger partial charge in [0.15, 0.2) is 5.78 Å². The summed E-state index contributed by atoms with van der Waals surface area (Å²) >= 11 is 0. The molecule has 0 amide bonds. The van der Waals surface area contributed by atoms with E-state index in [0.717, 1.165) is 18.6 Å². The Morgan fingerprint density at radius 1 is 1.24 bits per heavy atom. The lowest BCUT2D eigenvalue weighted by atomic mass is 10.1. The first-order chi connectivity index (χ1) is 8.29. The van der Waals surface area contributed by atoms with E-state index in [9.17, 15) is 4.79 Å². The molecular formula is C14H18O3. The average molecular weight is 234 g/mol. The van der Waals surface area contributed by atoms with Gasteiger partial charge in [0.25, 0.3) is 0 Å². The molecule has 0 bridgehead atoms. The van der Waals surface area contributed by atoms with E-state index in [0.29, 0.717) is 11.7 Å². The van der Waals surface area contributed by atoms with Crippen molar-refractivity contribution in [2.45, 2.75) is 31.8 Å². The fraction of sp³-hybridized carbons (Fsp3) is 0.500. The lowest BCUT2D eigenvalue weighted by Gasteiger charge is -2.13. The number of carbonyl (C=O) groups is 1. The topological polar surface area (TPSA) is 35.5 Å². The van der Waals surface area contributed by atoms with Crippen molar-refractivity contribution >= 4 is 5.78 Å². The molecule has 1 aliphatic carbocycles. The van der Waals surface area contributed by atoms with Gasteiger partial charge in [0.05, 0.1) is 6.10 Å². The maximum atomic E-state index is 11.5. The molecule has 0 atom stereocenters. The summed E-state index contributed by atoms with van der Waals surface area (Å²) < 4.78 is 10.6. The summed E-state index contributed by atoms with van der Waals surface area (Å²) in [5.74, 6) is 0.853. The van der Waals surface area contributed by atoms with E-state index >= 15 is 0 Å². The standard InChI is InChI=1S/C14H18O3/c1-16-10-14(15)11-6-8-13(9-7-11)17-12-4-2-3-5-12/h6-9,12H,2-5,10H2,1H3. The molecule has 92 valence electrons. The quantitative estimate of drug-likeness (QED) is 0.735. The second-order valence-electron chi connectivity index (χ2n) is 4.40. The Morgan fingerprint density at radius 3 is 2.47 bits per heavy atom. The van der Waals surface area contributed by atoms with E-state index in [1.54, 1.807) is 12.1 Å². The molecule has 0 aromatic heterocycles. The Bertz CT molecular complexity index is 364. The molecule has 1 fully saturated rings. The lowest BCUT2D eigenvalue weighted by molar-refractivity contribution is 0.0848. The number of ether oxygens (including phenoxy) is 2. The molecule has 1 aromatic carbocycles. The molecular weight excluding hydrogens is 216 g/mol. The third-order valence-corrected chi connectivity index (χ3v) is 3.06. The predicted molar refractivity (Wildman–Crippen MR) is 65.5 cm³/mol. The maximum absolute atomic E-state index is 11.5. The largest absolute Gasteiger partial charge is 0.490 e. The van der Waals surface area contributed by atoms with Crippen molar-refractivity contribution < 1.29 is 14.3 Å². The smallest absolute Gasteiger partial charge is 0.188 e. The van der Waals surface area contributed by atoms with Crippen LogP contribution in [0.4, 0.5) is 0 Å². The zero-order valence-corrected chi connectivity index (χ0v) is 10.1. The molecule has 1 saturated carbocycles. The van der Waals surface area contributed by atoms with Gasteiger partial charge in [-0.1, -0.05) is 0 Å². The van der Waals surface area contributed by atoms with E-state index in [2.05, 4.69) is 0 Å². The van der Waals surface area contributed by atoms with Gasteiger partial charge in [-0.2, -0.15) is 0 Å². The molecule has 3 nitrogen and oxygen atoms in total. The summed E-state index contributed by atoms with van der Waals surface area (Å²) in [6.07, 6.45) is 5.16. The van der Waals surface area contributed by atoms with Crippen LogP contribution in [0.3, 0.4) is 0 Å². The molecule has 0 unspecified atom stereocenters. The van der Waals surface area contributed by atoms with Crippen LogP contribution in [0.15, 0.2) is 24.3 Å². The number of benzene rings is 1. The molecule has 0 N–H and O–H groups in total. The number of carbonyl (C=O) groups excluding carboxylic acids is 1. The minimum atomic E-state index is -0.0000774. The Hall–Kier alpha value is -1.35. The summed E-state index contributed by atoms with van der Waals surface area (Å²) in [6, 6.07) is 7.32. The summed E-state index contributed by atoms with van der Waals surface area (Å²) in [5, 5.41) is 0. The summed E-state index contributed by atoms with van der Waals surface area (Å²) in [7, 11) is 1.52. The van der Waals surface area contributed by atoms with E-state index in [-0.39, 0.29) is 12.4 Å². The van der Waals surface area contributed by atoms with Gasteiger partial charge in [0, 0.05) is 12.7 Å². The second kappa shape index (κ2) is 5.82. The predicted octanol–water partition coefficient (Wildman–Crippen LogP) is 2.84. The van der Waals surface area contributed by atoms with Gasteiger partial charge in [-0.25, -0.2) is 0 Å². The van der Waals surface area contributed by atoms with E-state index in [1.807, 2.05) is 12.1 Å². The van der Waals surface area contributed by atoms with Crippen LogP contribution in [-0.2, 0) is 4.74 Å². The number of hydrogen-bond donors (Lipinski definition) is 0. The third kappa shape index (κ3) is 3.30. The Labute approximate surface area is 102 Å². The molecule has 3 heteroatoms. The van der Waals surface area contributed by atoms with E-state index in [1.165, 1.54) is 20.0 Å². The van der Waals surface area contributed by atoms with Crippen molar-refractivity contribution in [3.63, 3.8) is 0 Å². The highest BCUT2D eigenvalue weighted by Crippen LogP contribution is 2.24.